The number of alkyl halides is 3. The van der Waals surface area contributed by atoms with Crippen molar-refractivity contribution in [3.8, 4) is 0 Å². The van der Waals surface area contributed by atoms with Crippen LogP contribution in [0.1, 0.15) is 17.5 Å². The van der Waals surface area contributed by atoms with Gasteiger partial charge < -0.3 is 19.7 Å². The van der Waals surface area contributed by atoms with E-state index in [9.17, 15) is 18.0 Å². The van der Waals surface area contributed by atoms with E-state index in [4.69, 9.17) is 0 Å². The van der Waals surface area contributed by atoms with Crippen LogP contribution in [0.25, 0.3) is 0 Å². The number of piperazine rings is 1. The molecule has 0 atom stereocenters. The standard InChI is InChI=1S/C21H27F3N4O/c1-26-11-13-27(14-12-26)10-2-9-25-19-6-3-17(4-7-19)15-28-16-18(21(22,23)24)5-8-20(28)29/h3-8,16,25H,2,9-15H2,1H3. The number of hydrogen-bond donors (Lipinski definition) is 1. The van der Waals surface area contributed by atoms with E-state index in [0.29, 0.717) is 0 Å². The molecule has 0 amide bonds. The molecule has 5 nitrogen and oxygen atoms in total. The van der Waals surface area contributed by atoms with Gasteiger partial charge in [0.1, 0.15) is 0 Å². The van der Waals surface area contributed by atoms with E-state index >= 15 is 0 Å². The monoisotopic (exact) mass is 408 g/mol. The fourth-order valence-corrected chi connectivity index (χ4v) is 3.35. The van der Waals surface area contributed by atoms with Gasteiger partial charge in [-0.1, -0.05) is 12.1 Å². The Kier molecular flexibility index (Phi) is 6.97. The van der Waals surface area contributed by atoms with Crippen LogP contribution in [0.2, 0.25) is 0 Å². The Morgan fingerprint density at radius 3 is 2.34 bits per heavy atom. The molecule has 0 unspecified atom stereocenters. The smallest absolute Gasteiger partial charge is 0.385 e. The van der Waals surface area contributed by atoms with Crippen molar-refractivity contribution in [3.63, 3.8) is 0 Å². The molecule has 158 valence electrons. The Balaban J connectivity index is 1.48. The molecule has 1 aliphatic rings. The molecular formula is C21H27F3N4O. The molecular weight excluding hydrogens is 381 g/mol. The molecule has 8 heteroatoms. The fraction of sp³-hybridized carbons (Fsp3) is 0.476. The lowest BCUT2D eigenvalue weighted by Crippen LogP contribution is -2.44. The Hall–Kier alpha value is -2.32. The van der Waals surface area contributed by atoms with Crippen LogP contribution in [0, 0.1) is 0 Å². The molecule has 0 saturated carbocycles. The van der Waals surface area contributed by atoms with Crippen molar-refractivity contribution in [2.24, 2.45) is 0 Å². The molecule has 1 aromatic heterocycles. The van der Waals surface area contributed by atoms with Gasteiger partial charge in [-0.25, -0.2) is 0 Å². The van der Waals surface area contributed by atoms with Crippen LogP contribution < -0.4 is 10.9 Å². The number of likely N-dealkylation sites (N-methyl/N-ethyl adjacent to an activating group) is 1. The van der Waals surface area contributed by atoms with Crippen LogP contribution in [0.4, 0.5) is 18.9 Å². The van der Waals surface area contributed by atoms with Gasteiger partial charge in [0.2, 0.25) is 0 Å². The summed E-state index contributed by atoms with van der Waals surface area (Å²) in [5, 5.41) is 3.37. The topological polar surface area (TPSA) is 40.5 Å². The SMILES string of the molecule is CN1CCN(CCCNc2ccc(Cn3cc(C(F)(F)F)ccc3=O)cc2)CC1. The predicted octanol–water partition coefficient (Wildman–Crippen LogP) is 2.96. The third-order valence-corrected chi connectivity index (χ3v) is 5.19. The highest BCUT2D eigenvalue weighted by Crippen LogP contribution is 2.28. The summed E-state index contributed by atoms with van der Waals surface area (Å²) in [6, 6.07) is 9.21. The van der Waals surface area contributed by atoms with Crippen LogP contribution in [-0.4, -0.2) is 60.7 Å². The Morgan fingerprint density at radius 2 is 1.69 bits per heavy atom. The lowest BCUT2D eigenvalue weighted by Gasteiger charge is -2.32. The molecule has 1 N–H and O–H groups in total. The van der Waals surface area contributed by atoms with Crippen LogP contribution in [0.15, 0.2) is 47.4 Å². The van der Waals surface area contributed by atoms with Crippen molar-refractivity contribution < 1.29 is 13.2 Å². The summed E-state index contributed by atoms with van der Waals surface area (Å²) in [6.45, 7) is 6.48. The highest BCUT2D eigenvalue weighted by Gasteiger charge is 2.31. The molecule has 1 saturated heterocycles. The zero-order valence-corrected chi connectivity index (χ0v) is 16.6. The largest absolute Gasteiger partial charge is 0.417 e. The molecule has 1 aromatic carbocycles. The first kappa shape index (κ1) is 21.4. The second kappa shape index (κ2) is 9.45. The summed E-state index contributed by atoms with van der Waals surface area (Å²) in [6.07, 6.45) is -2.55. The number of aromatic nitrogens is 1. The average molecular weight is 408 g/mol. The molecule has 29 heavy (non-hydrogen) atoms. The van der Waals surface area contributed by atoms with Gasteiger partial charge in [0.15, 0.2) is 0 Å². The van der Waals surface area contributed by atoms with E-state index in [1.54, 1.807) is 0 Å². The number of hydrogen-bond acceptors (Lipinski definition) is 4. The average Bonchev–Trinajstić information content (AvgIpc) is 2.68. The lowest BCUT2D eigenvalue weighted by atomic mass is 10.2. The van der Waals surface area contributed by atoms with Crippen molar-refractivity contribution in [2.75, 3.05) is 51.6 Å². The van der Waals surface area contributed by atoms with Gasteiger partial charge in [-0.2, -0.15) is 13.2 Å². The molecule has 1 fully saturated rings. The molecule has 1 aliphatic heterocycles. The molecule has 0 bridgehead atoms. The summed E-state index contributed by atoms with van der Waals surface area (Å²) >= 11 is 0. The molecule has 2 heterocycles. The second-order valence-corrected chi connectivity index (χ2v) is 7.50. The second-order valence-electron chi connectivity index (χ2n) is 7.50. The highest BCUT2D eigenvalue weighted by molar-refractivity contribution is 5.44. The third kappa shape index (κ3) is 6.33. The quantitative estimate of drug-likeness (QED) is 0.716. The fourth-order valence-electron chi connectivity index (χ4n) is 3.35. The van der Waals surface area contributed by atoms with Crippen LogP contribution in [-0.2, 0) is 12.7 Å². The first-order valence-corrected chi connectivity index (χ1v) is 9.83. The number of pyridine rings is 1. The molecule has 3 rings (SSSR count). The first-order valence-electron chi connectivity index (χ1n) is 9.83. The van der Waals surface area contributed by atoms with Gasteiger partial charge >= 0.3 is 6.18 Å². The number of halogens is 3. The molecule has 0 aliphatic carbocycles. The van der Waals surface area contributed by atoms with Gasteiger partial charge in [0.25, 0.3) is 5.56 Å². The number of nitrogens with zero attached hydrogens (tertiary/aromatic N) is 3. The zero-order chi connectivity index (χ0) is 20.9. The van der Waals surface area contributed by atoms with Crippen LogP contribution >= 0.6 is 0 Å². The third-order valence-electron chi connectivity index (χ3n) is 5.19. The Labute approximate surface area is 168 Å². The number of rotatable bonds is 7. The maximum absolute atomic E-state index is 12.8. The molecule has 2 aromatic rings. The van der Waals surface area contributed by atoms with E-state index < -0.39 is 17.3 Å². The van der Waals surface area contributed by atoms with E-state index in [2.05, 4.69) is 22.2 Å². The Morgan fingerprint density at radius 1 is 1.00 bits per heavy atom. The molecule has 0 radical (unpaired) electrons. The van der Waals surface area contributed by atoms with E-state index in [-0.39, 0.29) is 6.54 Å². The summed E-state index contributed by atoms with van der Waals surface area (Å²) < 4.78 is 39.6. The first-order chi connectivity index (χ1) is 13.8. The summed E-state index contributed by atoms with van der Waals surface area (Å²) in [4.78, 5) is 16.7. The zero-order valence-electron chi connectivity index (χ0n) is 16.6. The minimum absolute atomic E-state index is 0.104. The number of anilines is 1. The van der Waals surface area contributed by atoms with Crippen molar-refractivity contribution >= 4 is 5.69 Å². The van der Waals surface area contributed by atoms with E-state index in [1.807, 2.05) is 24.3 Å². The lowest BCUT2D eigenvalue weighted by molar-refractivity contribution is -0.138. The minimum Gasteiger partial charge on any atom is -0.385 e. The highest BCUT2D eigenvalue weighted by atomic mass is 19.4. The normalized spacial score (nSPS) is 16.1. The van der Waals surface area contributed by atoms with Crippen molar-refractivity contribution in [1.29, 1.82) is 0 Å². The minimum atomic E-state index is -4.46. The van der Waals surface area contributed by atoms with E-state index in [1.165, 1.54) is 0 Å². The van der Waals surface area contributed by atoms with Gasteiger partial charge in [-0.05, 0) is 43.8 Å². The maximum Gasteiger partial charge on any atom is 0.417 e. The summed E-state index contributed by atoms with van der Waals surface area (Å²) in [5.74, 6) is 0. The number of nitrogens with one attached hydrogen (secondary N) is 1. The van der Waals surface area contributed by atoms with Crippen LogP contribution in [0.3, 0.4) is 0 Å². The van der Waals surface area contributed by atoms with Gasteiger partial charge in [-0.15, -0.1) is 0 Å². The summed E-state index contributed by atoms with van der Waals surface area (Å²) in [7, 11) is 2.14. The number of benzene rings is 1. The summed E-state index contributed by atoms with van der Waals surface area (Å²) in [5.41, 5.74) is 0.456. The maximum atomic E-state index is 12.8. The van der Waals surface area contributed by atoms with E-state index in [0.717, 1.165) is 79.8 Å². The van der Waals surface area contributed by atoms with Crippen molar-refractivity contribution in [1.82, 2.24) is 14.4 Å². The van der Waals surface area contributed by atoms with Crippen molar-refractivity contribution in [3.05, 3.63) is 64.1 Å². The predicted molar refractivity (Wildman–Crippen MR) is 108 cm³/mol. The van der Waals surface area contributed by atoms with Gasteiger partial charge in [0, 0.05) is 50.7 Å². The van der Waals surface area contributed by atoms with Crippen LogP contribution in [0.5, 0.6) is 0 Å². The van der Waals surface area contributed by atoms with Gasteiger partial charge in [0.05, 0.1) is 12.1 Å². The Bertz CT molecular complexity index is 840. The molecule has 0 spiro atoms. The van der Waals surface area contributed by atoms with Gasteiger partial charge in [-0.3, -0.25) is 4.79 Å². The van der Waals surface area contributed by atoms with Crippen molar-refractivity contribution in [2.45, 2.75) is 19.1 Å².